The Morgan fingerprint density at radius 2 is 1.64 bits per heavy atom. The smallest absolute Gasteiger partial charge is 0.134 e. The maximum Gasteiger partial charge on any atom is 0.134 e. The number of methoxy groups -OCH3 is 2. The molecule has 0 amide bonds. The zero-order valence-electron chi connectivity index (χ0n) is 9.84. The molecule has 0 heterocycles. The van der Waals surface area contributed by atoms with Crippen molar-refractivity contribution in [1.29, 1.82) is 0 Å². The Labute approximate surface area is 87.4 Å². The predicted molar refractivity (Wildman–Crippen MR) is 56.3 cm³/mol. The molecule has 0 saturated heterocycles. The van der Waals surface area contributed by atoms with Crippen LogP contribution in [0.5, 0.6) is 0 Å². The summed E-state index contributed by atoms with van der Waals surface area (Å²) in [7, 11) is 3.49. The van der Waals surface area contributed by atoms with Crippen molar-refractivity contribution in [2.24, 2.45) is 0 Å². The molecule has 0 aromatic carbocycles. The molecule has 0 rings (SSSR count). The van der Waals surface area contributed by atoms with Crippen LogP contribution in [0.2, 0.25) is 0 Å². The summed E-state index contributed by atoms with van der Waals surface area (Å²) in [6.07, 6.45) is 1.14. The number of hydrogen-bond acceptors (Lipinski definition) is 2. The minimum Gasteiger partial charge on any atom is -0.379 e. The molecule has 0 aromatic heterocycles. The topological polar surface area (TPSA) is 50.5 Å². The van der Waals surface area contributed by atoms with Gasteiger partial charge in [-0.05, 0) is 0 Å². The van der Waals surface area contributed by atoms with Gasteiger partial charge in [-0.1, -0.05) is 6.92 Å². The summed E-state index contributed by atoms with van der Waals surface area (Å²) in [5.41, 5.74) is 4.11. The zero-order valence-corrected chi connectivity index (χ0v) is 9.84. The lowest BCUT2D eigenvalue weighted by Gasteiger charge is -2.20. The van der Waals surface area contributed by atoms with E-state index in [0.717, 1.165) is 39.3 Å². The molecule has 0 saturated carbocycles. The number of quaternary nitrogens is 2. The van der Waals surface area contributed by atoms with Gasteiger partial charge in [-0.25, -0.2) is 0 Å². The highest BCUT2D eigenvalue weighted by molar-refractivity contribution is 4.45. The van der Waals surface area contributed by atoms with Gasteiger partial charge in [0.15, 0.2) is 0 Å². The third-order valence-corrected chi connectivity index (χ3v) is 2.47. The van der Waals surface area contributed by atoms with Crippen LogP contribution in [0, 0.1) is 0 Å². The number of nitrogens with one attached hydrogen (secondary N) is 1. The summed E-state index contributed by atoms with van der Waals surface area (Å²) in [6.45, 7) is 7.02. The van der Waals surface area contributed by atoms with Crippen LogP contribution in [-0.2, 0) is 9.47 Å². The Hall–Kier alpha value is -0.160. The highest BCUT2D eigenvalue weighted by Gasteiger charge is 2.14. The van der Waals surface area contributed by atoms with Crippen LogP contribution >= 0.6 is 0 Å². The first kappa shape index (κ1) is 13.8. The molecule has 0 aliphatic heterocycles. The van der Waals surface area contributed by atoms with Crippen LogP contribution in [0.25, 0.3) is 0 Å². The van der Waals surface area contributed by atoms with Gasteiger partial charge in [0.05, 0.1) is 13.2 Å². The first-order valence-electron chi connectivity index (χ1n) is 5.39. The van der Waals surface area contributed by atoms with Crippen molar-refractivity contribution in [2.75, 3.05) is 47.1 Å². The number of rotatable bonds is 9. The molecule has 4 nitrogen and oxygen atoms in total. The molecule has 4 N–H and O–H groups in total. The molecule has 0 fully saturated rings. The van der Waals surface area contributed by atoms with Gasteiger partial charge in [-0.2, -0.15) is 0 Å². The quantitative estimate of drug-likeness (QED) is 0.467. The van der Waals surface area contributed by atoms with Crippen molar-refractivity contribution >= 4 is 0 Å². The van der Waals surface area contributed by atoms with Crippen LogP contribution in [0.3, 0.4) is 0 Å². The highest BCUT2D eigenvalue weighted by atomic mass is 16.5. The molecular formula is C10H26N2O2+2. The monoisotopic (exact) mass is 206 g/mol. The Morgan fingerprint density at radius 1 is 1.14 bits per heavy atom. The summed E-state index contributed by atoms with van der Waals surface area (Å²) in [6, 6.07) is 0.540. The maximum atomic E-state index is 5.09. The van der Waals surface area contributed by atoms with Gasteiger partial charge in [-0.3, -0.25) is 0 Å². The Bertz CT molecular complexity index is 115. The van der Waals surface area contributed by atoms with Crippen LogP contribution in [0.1, 0.15) is 13.3 Å². The zero-order chi connectivity index (χ0) is 10.8. The predicted octanol–water partition coefficient (Wildman–Crippen LogP) is -1.82. The fourth-order valence-corrected chi connectivity index (χ4v) is 1.37. The Kier molecular flexibility index (Phi) is 9.29. The van der Waals surface area contributed by atoms with E-state index in [9.17, 15) is 0 Å². The van der Waals surface area contributed by atoms with Crippen LogP contribution in [-0.4, -0.2) is 53.1 Å². The third-order valence-electron chi connectivity index (χ3n) is 2.47. The van der Waals surface area contributed by atoms with E-state index < -0.39 is 0 Å². The van der Waals surface area contributed by atoms with Crippen LogP contribution in [0.4, 0.5) is 0 Å². The van der Waals surface area contributed by atoms with Gasteiger partial charge in [0.2, 0.25) is 0 Å². The van der Waals surface area contributed by atoms with Gasteiger partial charge < -0.3 is 20.1 Å². The lowest BCUT2D eigenvalue weighted by Crippen LogP contribution is -3.15. The molecule has 0 aliphatic rings. The van der Waals surface area contributed by atoms with Crippen molar-refractivity contribution in [2.45, 2.75) is 19.4 Å². The molecule has 4 heteroatoms. The highest BCUT2D eigenvalue weighted by Crippen LogP contribution is 1.77. The minimum atomic E-state index is 0.540. The molecule has 0 aliphatic carbocycles. The standard InChI is InChI=1S/C10H24N2O2/c1-4-10(11)9-12(5-7-13-2)6-8-14-3/h10H,4-9,11H2,1-3H3/p+2/t10-/m0/s1. The number of hydrogen-bond donors (Lipinski definition) is 2. The van der Waals surface area contributed by atoms with E-state index in [1.807, 2.05) is 0 Å². The van der Waals surface area contributed by atoms with Crippen LogP contribution in [0.15, 0.2) is 0 Å². The molecule has 0 spiro atoms. The largest absolute Gasteiger partial charge is 0.379 e. The third kappa shape index (κ3) is 7.26. The van der Waals surface area contributed by atoms with Crippen LogP contribution < -0.4 is 10.6 Å². The fourth-order valence-electron chi connectivity index (χ4n) is 1.37. The molecular weight excluding hydrogens is 180 g/mol. The fraction of sp³-hybridized carbons (Fsp3) is 1.00. The van der Waals surface area contributed by atoms with Crippen molar-refractivity contribution in [3.8, 4) is 0 Å². The Morgan fingerprint density at radius 3 is 2.00 bits per heavy atom. The average Bonchev–Trinajstić information content (AvgIpc) is 2.21. The molecule has 0 bridgehead atoms. The minimum absolute atomic E-state index is 0.540. The molecule has 14 heavy (non-hydrogen) atoms. The van der Waals surface area contributed by atoms with E-state index in [1.165, 1.54) is 4.90 Å². The molecule has 86 valence electrons. The maximum absolute atomic E-state index is 5.09. The lowest BCUT2D eigenvalue weighted by molar-refractivity contribution is -0.910. The normalized spacial score (nSPS) is 13.5. The van der Waals surface area contributed by atoms with E-state index in [-0.39, 0.29) is 0 Å². The van der Waals surface area contributed by atoms with E-state index in [0.29, 0.717) is 6.04 Å². The van der Waals surface area contributed by atoms with E-state index >= 15 is 0 Å². The molecule has 0 radical (unpaired) electrons. The van der Waals surface area contributed by atoms with E-state index in [2.05, 4.69) is 12.7 Å². The Balaban J connectivity index is 3.71. The molecule has 1 atom stereocenters. The second kappa shape index (κ2) is 9.40. The van der Waals surface area contributed by atoms with Crippen molar-refractivity contribution < 1.29 is 20.1 Å². The van der Waals surface area contributed by atoms with Crippen molar-refractivity contribution in [3.63, 3.8) is 0 Å². The summed E-state index contributed by atoms with van der Waals surface area (Å²) in [5, 5.41) is 0. The van der Waals surface area contributed by atoms with Crippen molar-refractivity contribution in [3.05, 3.63) is 0 Å². The first-order chi connectivity index (χ1) is 6.74. The summed E-state index contributed by atoms with van der Waals surface area (Å²) >= 11 is 0. The summed E-state index contributed by atoms with van der Waals surface area (Å²) in [4.78, 5) is 1.52. The average molecular weight is 206 g/mol. The second-order valence-electron chi connectivity index (χ2n) is 3.71. The summed E-state index contributed by atoms with van der Waals surface area (Å²) < 4.78 is 10.2. The van der Waals surface area contributed by atoms with Gasteiger partial charge in [0, 0.05) is 20.6 Å². The number of ether oxygens (including phenoxy) is 2. The van der Waals surface area contributed by atoms with E-state index in [4.69, 9.17) is 9.47 Å². The molecule has 0 aromatic rings. The summed E-state index contributed by atoms with van der Waals surface area (Å²) in [5.74, 6) is 0. The van der Waals surface area contributed by atoms with Gasteiger partial charge in [0.25, 0.3) is 0 Å². The first-order valence-corrected chi connectivity index (χ1v) is 5.39. The van der Waals surface area contributed by atoms with Gasteiger partial charge in [-0.15, -0.1) is 0 Å². The SMILES string of the molecule is CC[C@H]([NH3+])C[NH+](CCOC)CCOC. The van der Waals surface area contributed by atoms with Gasteiger partial charge >= 0.3 is 0 Å². The van der Waals surface area contributed by atoms with Crippen molar-refractivity contribution in [1.82, 2.24) is 0 Å². The molecule has 0 unspecified atom stereocenters. The van der Waals surface area contributed by atoms with Gasteiger partial charge in [0.1, 0.15) is 25.7 Å². The lowest BCUT2D eigenvalue weighted by atomic mass is 10.2. The van der Waals surface area contributed by atoms with E-state index in [1.54, 1.807) is 14.2 Å². The second-order valence-corrected chi connectivity index (χ2v) is 3.71.